The molecule has 1 aliphatic heterocycles. The van der Waals surface area contributed by atoms with Gasteiger partial charge < -0.3 is 10.6 Å². The van der Waals surface area contributed by atoms with E-state index in [1.165, 1.54) is 0 Å². The van der Waals surface area contributed by atoms with Crippen LogP contribution in [0.4, 0.5) is 8.78 Å². The van der Waals surface area contributed by atoms with Gasteiger partial charge in [0.2, 0.25) is 0 Å². The molecule has 0 aliphatic carbocycles. The van der Waals surface area contributed by atoms with Crippen LogP contribution in [0.25, 0.3) is 0 Å². The number of rotatable bonds is 2. The molecule has 1 fully saturated rings. The molecule has 2 N–H and O–H groups in total. The molecule has 1 saturated heterocycles. The highest BCUT2D eigenvalue weighted by Gasteiger charge is 2.20. The van der Waals surface area contributed by atoms with Crippen LogP contribution >= 0.6 is 0 Å². The summed E-state index contributed by atoms with van der Waals surface area (Å²) in [4.78, 5) is 10.5. The van der Waals surface area contributed by atoms with Crippen LogP contribution in [-0.4, -0.2) is 31.5 Å². The third-order valence-corrected chi connectivity index (χ3v) is 1.88. The van der Waals surface area contributed by atoms with Gasteiger partial charge in [-0.15, -0.1) is 0 Å². The quantitative estimate of drug-likeness (QED) is 0.630. The molecule has 12 heavy (non-hydrogen) atoms. The largest absolute Gasteiger partial charge is 0.348 e. The maximum Gasteiger partial charge on any atom is 0.315 e. The maximum absolute atomic E-state index is 11.8. The van der Waals surface area contributed by atoms with Gasteiger partial charge in [0.25, 0.3) is 5.91 Å². The molecule has 1 amide bonds. The molecular formula is C7H12F2N2O. The summed E-state index contributed by atoms with van der Waals surface area (Å²) in [5.41, 5.74) is 0. The summed E-state index contributed by atoms with van der Waals surface area (Å²) in [5, 5.41) is 5.37. The van der Waals surface area contributed by atoms with Crippen molar-refractivity contribution < 1.29 is 13.6 Å². The number of halogens is 2. The fourth-order valence-electron chi connectivity index (χ4n) is 1.23. The van der Waals surface area contributed by atoms with Crippen LogP contribution in [0.2, 0.25) is 0 Å². The standard InChI is InChI=1S/C7H12F2N2O/c8-6(9)7(12)11-5-1-3-10-4-2-5/h5-6,10H,1-4H2,(H,11,12). The molecule has 0 radical (unpaired) electrons. The first-order chi connectivity index (χ1) is 5.70. The molecule has 5 heteroatoms. The van der Waals surface area contributed by atoms with Crippen molar-refractivity contribution in [2.45, 2.75) is 25.3 Å². The minimum atomic E-state index is -2.89. The van der Waals surface area contributed by atoms with E-state index in [0.29, 0.717) is 0 Å². The normalized spacial score (nSPS) is 19.6. The first-order valence-electron chi connectivity index (χ1n) is 3.99. The van der Waals surface area contributed by atoms with Gasteiger partial charge in [0.1, 0.15) is 0 Å². The lowest BCUT2D eigenvalue weighted by Crippen LogP contribution is -2.44. The third kappa shape index (κ3) is 2.73. The SMILES string of the molecule is O=C(NC1CCNCC1)C(F)F. The van der Waals surface area contributed by atoms with Crippen molar-refractivity contribution in [3.63, 3.8) is 0 Å². The van der Waals surface area contributed by atoms with Gasteiger partial charge in [-0.1, -0.05) is 0 Å². The molecule has 1 rings (SSSR count). The average molecular weight is 178 g/mol. The average Bonchev–Trinajstić information content (AvgIpc) is 2.06. The molecule has 1 heterocycles. The fourth-order valence-corrected chi connectivity index (χ4v) is 1.23. The van der Waals surface area contributed by atoms with Crippen LogP contribution in [0.5, 0.6) is 0 Å². The molecule has 0 aromatic rings. The summed E-state index contributed by atoms with van der Waals surface area (Å²) in [5.74, 6) is -1.15. The summed E-state index contributed by atoms with van der Waals surface area (Å²) in [6.45, 7) is 1.57. The van der Waals surface area contributed by atoms with Crippen molar-refractivity contribution in [1.82, 2.24) is 10.6 Å². The van der Waals surface area contributed by atoms with Crippen LogP contribution in [0.15, 0.2) is 0 Å². The Bertz CT molecular complexity index is 157. The highest BCUT2D eigenvalue weighted by atomic mass is 19.3. The second-order valence-electron chi connectivity index (χ2n) is 2.83. The number of hydrogen-bond donors (Lipinski definition) is 2. The monoisotopic (exact) mass is 178 g/mol. The van der Waals surface area contributed by atoms with Crippen LogP contribution in [0.1, 0.15) is 12.8 Å². The Balaban J connectivity index is 2.24. The number of carbonyl (C=O) groups is 1. The van der Waals surface area contributed by atoms with E-state index in [0.717, 1.165) is 25.9 Å². The van der Waals surface area contributed by atoms with Crippen LogP contribution in [0.3, 0.4) is 0 Å². The Kier molecular flexibility index (Phi) is 3.40. The van der Waals surface area contributed by atoms with Crippen molar-refractivity contribution in [3.8, 4) is 0 Å². The van der Waals surface area contributed by atoms with Crippen molar-refractivity contribution >= 4 is 5.91 Å². The van der Waals surface area contributed by atoms with Crippen LogP contribution in [-0.2, 0) is 4.79 Å². The van der Waals surface area contributed by atoms with Gasteiger partial charge in [0.15, 0.2) is 0 Å². The van der Waals surface area contributed by atoms with Gasteiger partial charge in [0, 0.05) is 6.04 Å². The van der Waals surface area contributed by atoms with E-state index in [4.69, 9.17) is 0 Å². The van der Waals surface area contributed by atoms with Crippen molar-refractivity contribution in [1.29, 1.82) is 0 Å². The lowest BCUT2D eigenvalue weighted by molar-refractivity contribution is -0.132. The summed E-state index contributed by atoms with van der Waals surface area (Å²) >= 11 is 0. The van der Waals surface area contributed by atoms with Gasteiger partial charge in [-0.3, -0.25) is 4.79 Å². The predicted molar refractivity (Wildman–Crippen MR) is 40.0 cm³/mol. The van der Waals surface area contributed by atoms with Gasteiger partial charge in [0.05, 0.1) is 0 Å². The number of hydrogen-bond acceptors (Lipinski definition) is 2. The van der Waals surface area contributed by atoms with E-state index < -0.39 is 12.3 Å². The minimum absolute atomic E-state index is 0.0762. The third-order valence-electron chi connectivity index (χ3n) is 1.88. The summed E-state index contributed by atoms with van der Waals surface area (Å²) in [6, 6.07) is -0.0762. The van der Waals surface area contributed by atoms with Crippen molar-refractivity contribution in [3.05, 3.63) is 0 Å². The van der Waals surface area contributed by atoms with Crippen molar-refractivity contribution in [2.24, 2.45) is 0 Å². The molecular weight excluding hydrogens is 166 g/mol. The molecule has 1 aliphatic rings. The Morgan fingerprint density at radius 3 is 2.50 bits per heavy atom. The molecule has 0 aromatic carbocycles. The first kappa shape index (κ1) is 9.38. The highest BCUT2D eigenvalue weighted by Crippen LogP contribution is 2.03. The second kappa shape index (κ2) is 4.35. The van der Waals surface area contributed by atoms with Gasteiger partial charge in [-0.2, -0.15) is 8.78 Å². The molecule has 0 saturated carbocycles. The summed E-state index contributed by atoms with van der Waals surface area (Å²) < 4.78 is 23.5. The molecule has 3 nitrogen and oxygen atoms in total. The number of piperidine rings is 1. The minimum Gasteiger partial charge on any atom is -0.348 e. The zero-order chi connectivity index (χ0) is 8.97. The van der Waals surface area contributed by atoms with Crippen LogP contribution in [0, 0.1) is 0 Å². The van der Waals surface area contributed by atoms with Crippen LogP contribution < -0.4 is 10.6 Å². The number of nitrogens with one attached hydrogen (secondary N) is 2. The molecule has 0 spiro atoms. The van der Waals surface area contributed by atoms with Gasteiger partial charge in [-0.05, 0) is 25.9 Å². The lowest BCUT2D eigenvalue weighted by atomic mass is 10.1. The second-order valence-corrected chi connectivity index (χ2v) is 2.83. The molecule has 0 atom stereocenters. The van der Waals surface area contributed by atoms with Crippen molar-refractivity contribution in [2.75, 3.05) is 13.1 Å². The molecule has 70 valence electrons. The lowest BCUT2D eigenvalue weighted by Gasteiger charge is -2.23. The van der Waals surface area contributed by atoms with E-state index in [1.54, 1.807) is 0 Å². The summed E-state index contributed by atoms with van der Waals surface area (Å²) in [6.07, 6.45) is -1.42. The smallest absolute Gasteiger partial charge is 0.315 e. The van der Waals surface area contributed by atoms with Gasteiger partial charge in [-0.25, -0.2) is 0 Å². The number of amides is 1. The Hall–Kier alpha value is -0.710. The van der Waals surface area contributed by atoms with E-state index >= 15 is 0 Å². The number of carbonyl (C=O) groups excluding carboxylic acids is 1. The van der Waals surface area contributed by atoms with E-state index in [2.05, 4.69) is 10.6 Å². The number of alkyl halides is 2. The zero-order valence-corrected chi connectivity index (χ0v) is 6.65. The molecule has 0 unspecified atom stereocenters. The maximum atomic E-state index is 11.8. The zero-order valence-electron chi connectivity index (χ0n) is 6.65. The van der Waals surface area contributed by atoms with E-state index in [1.807, 2.05) is 0 Å². The molecule has 0 aromatic heterocycles. The highest BCUT2D eigenvalue weighted by molar-refractivity contribution is 5.79. The Morgan fingerprint density at radius 2 is 2.00 bits per heavy atom. The Morgan fingerprint density at radius 1 is 1.42 bits per heavy atom. The van der Waals surface area contributed by atoms with E-state index in [-0.39, 0.29) is 6.04 Å². The van der Waals surface area contributed by atoms with E-state index in [9.17, 15) is 13.6 Å². The fraction of sp³-hybridized carbons (Fsp3) is 0.857. The Labute approximate surface area is 69.5 Å². The topological polar surface area (TPSA) is 41.1 Å². The summed E-state index contributed by atoms with van der Waals surface area (Å²) in [7, 11) is 0. The molecule has 0 bridgehead atoms. The van der Waals surface area contributed by atoms with Gasteiger partial charge >= 0.3 is 6.43 Å². The predicted octanol–water partition coefficient (Wildman–Crippen LogP) is 0.120. The first-order valence-corrected chi connectivity index (χ1v) is 3.99.